The third-order valence-corrected chi connectivity index (χ3v) is 3.88. The first kappa shape index (κ1) is 18.2. The average molecular weight is 290 g/mol. The van der Waals surface area contributed by atoms with E-state index in [-0.39, 0.29) is 11.5 Å². The molecular formula is C19H34N2. The van der Waals surface area contributed by atoms with Gasteiger partial charge in [0.25, 0.3) is 0 Å². The highest BCUT2D eigenvalue weighted by atomic mass is 15.1. The van der Waals surface area contributed by atoms with Gasteiger partial charge in [-0.15, -0.1) is 0 Å². The molecular weight excluding hydrogens is 256 g/mol. The van der Waals surface area contributed by atoms with Crippen LogP contribution in [0, 0.1) is 17.3 Å². The highest BCUT2D eigenvalue weighted by Crippen LogP contribution is 2.32. The zero-order valence-electron chi connectivity index (χ0n) is 14.8. The standard InChI is InChI=1S/C19H34N2/c1-15(2)12-21(13-16(3)4)14-19(5,6)18(20)17-10-8-7-9-11-17/h7-11,15-16,18H,12-14,20H2,1-6H3. The first-order valence-electron chi connectivity index (χ1n) is 8.25. The van der Waals surface area contributed by atoms with E-state index in [0.29, 0.717) is 11.8 Å². The molecule has 0 aliphatic rings. The molecule has 0 saturated heterocycles. The van der Waals surface area contributed by atoms with E-state index in [2.05, 4.69) is 70.7 Å². The Morgan fingerprint density at radius 1 is 0.952 bits per heavy atom. The molecule has 0 amide bonds. The molecule has 1 atom stereocenters. The summed E-state index contributed by atoms with van der Waals surface area (Å²) < 4.78 is 0. The Hall–Kier alpha value is -0.860. The van der Waals surface area contributed by atoms with Gasteiger partial charge in [0.1, 0.15) is 0 Å². The minimum Gasteiger partial charge on any atom is -0.323 e. The minimum absolute atomic E-state index is 0.0606. The van der Waals surface area contributed by atoms with Gasteiger partial charge in [-0.05, 0) is 22.8 Å². The lowest BCUT2D eigenvalue weighted by atomic mass is 9.80. The summed E-state index contributed by atoms with van der Waals surface area (Å²) in [7, 11) is 0. The van der Waals surface area contributed by atoms with Crippen molar-refractivity contribution in [3.05, 3.63) is 35.9 Å². The van der Waals surface area contributed by atoms with Gasteiger partial charge in [0.15, 0.2) is 0 Å². The average Bonchev–Trinajstić information content (AvgIpc) is 2.36. The molecule has 2 N–H and O–H groups in total. The Kier molecular flexibility index (Phi) is 6.89. The Bertz CT molecular complexity index is 385. The number of benzene rings is 1. The smallest absolute Gasteiger partial charge is 0.0359 e. The number of nitrogens with zero attached hydrogens (tertiary/aromatic N) is 1. The van der Waals surface area contributed by atoms with Crippen LogP contribution in [0.1, 0.15) is 53.1 Å². The van der Waals surface area contributed by atoms with Crippen LogP contribution in [0.15, 0.2) is 30.3 Å². The van der Waals surface area contributed by atoms with Crippen molar-refractivity contribution in [1.82, 2.24) is 4.90 Å². The summed E-state index contributed by atoms with van der Waals surface area (Å²) in [5.41, 5.74) is 7.85. The summed E-state index contributed by atoms with van der Waals surface area (Å²) in [5, 5.41) is 0. The summed E-state index contributed by atoms with van der Waals surface area (Å²) in [6.07, 6.45) is 0. The third-order valence-electron chi connectivity index (χ3n) is 3.88. The van der Waals surface area contributed by atoms with Crippen molar-refractivity contribution in [1.29, 1.82) is 0 Å². The molecule has 0 radical (unpaired) electrons. The molecule has 1 aromatic carbocycles. The molecule has 0 heterocycles. The SMILES string of the molecule is CC(C)CN(CC(C)C)CC(C)(C)C(N)c1ccccc1. The second kappa shape index (κ2) is 7.95. The fourth-order valence-electron chi connectivity index (χ4n) is 3.02. The van der Waals surface area contributed by atoms with Crippen LogP contribution in [0.25, 0.3) is 0 Å². The molecule has 0 aliphatic carbocycles. The van der Waals surface area contributed by atoms with E-state index < -0.39 is 0 Å². The molecule has 0 aromatic heterocycles. The molecule has 1 aromatic rings. The van der Waals surface area contributed by atoms with E-state index in [1.807, 2.05) is 6.07 Å². The lowest BCUT2D eigenvalue weighted by molar-refractivity contribution is 0.128. The summed E-state index contributed by atoms with van der Waals surface area (Å²) in [4.78, 5) is 2.58. The van der Waals surface area contributed by atoms with Crippen LogP contribution in [0.5, 0.6) is 0 Å². The predicted molar refractivity (Wildman–Crippen MR) is 93.3 cm³/mol. The number of nitrogens with two attached hydrogens (primary N) is 1. The quantitative estimate of drug-likeness (QED) is 0.772. The molecule has 120 valence electrons. The van der Waals surface area contributed by atoms with Crippen molar-refractivity contribution in [3.63, 3.8) is 0 Å². The highest BCUT2D eigenvalue weighted by molar-refractivity contribution is 5.20. The van der Waals surface area contributed by atoms with E-state index in [4.69, 9.17) is 5.73 Å². The van der Waals surface area contributed by atoms with E-state index in [9.17, 15) is 0 Å². The zero-order chi connectivity index (χ0) is 16.0. The van der Waals surface area contributed by atoms with Crippen molar-refractivity contribution in [2.24, 2.45) is 23.0 Å². The molecule has 0 fully saturated rings. The molecule has 2 heteroatoms. The molecule has 0 saturated carbocycles. The monoisotopic (exact) mass is 290 g/mol. The van der Waals surface area contributed by atoms with Crippen molar-refractivity contribution < 1.29 is 0 Å². The van der Waals surface area contributed by atoms with Gasteiger partial charge in [0.05, 0.1) is 0 Å². The second-order valence-corrected chi connectivity index (χ2v) is 7.86. The lowest BCUT2D eigenvalue weighted by Gasteiger charge is -2.38. The Balaban J connectivity index is 2.79. The zero-order valence-corrected chi connectivity index (χ0v) is 14.8. The largest absolute Gasteiger partial charge is 0.323 e. The minimum atomic E-state index is 0.0606. The predicted octanol–water partition coefficient (Wildman–Crippen LogP) is 4.33. The van der Waals surface area contributed by atoms with Crippen LogP contribution in [0.2, 0.25) is 0 Å². The maximum atomic E-state index is 6.56. The Morgan fingerprint density at radius 3 is 1.86 bits per heavy atom. The topological polar surface area (TPSA) is 29.3 Å². The first-order chi connectivity index (χ1) is 9.72. The van der Waals surface area contributed by atoms with Crippen LogP contribution in [0.4, 0.5) is 0 Å². The van der Waals surface area contributed by atoms with Gasteiger partial charge >= 0.3 is 0 Å². The molecule has 2 nitrogen and oxygen atoms in total. The number of rotatable bonds is 8. The second-order valence-electron chi connectivity index (χ2n) is 7.86. The molecule has 21 heavy (non-hydrogen) atoms. The van der Waals surface area contributed by atoms with Gasteiger partial charge in [-0.2, -0.15) is 0 Å². The van der Waals surface area contributed by atoms with Crippen molar-refractivity contribution in [2.45, 2.75) is 47.6 Å². The Morgan fingerprint density at radius 2 is 1.43 bits per heavy atom. The summed E-state index contributed by atoms with van der Waals surface area (Å²) in [6.45, 7) is 17.1. The van der Waals surface area contributed by atoms with Gasteiger partial charge in [-0.1, -0.05) is 71.9 Å². The van der Waals surface area contributed by atoms with E-state index in [1.54, 1.807) is 0 Å². The fraction of sp³-hybridized carbons (Fsp3) is 0.684. The maximum absolute atomic E-state index is 6.56. The van der Waals surface area contributed by atoms with Gasteiger partial charge in [0.2, 0.25) is 0 Å². The van der Waals surface area contributed by atoms with Crippen LogP contribution < -0.4 is 5.73 Å². The summed E-state index contributed by atoms with van der Waals surface area (Å²) in [6, 6.07) is 10.5. The number of hydrogen-bond acceptors (Lipinski definition) is 2. The fourth-order valence-corrected chi connectivity index (χ4v) is 3.02. The van der Waals surface area contributed by atoms with Crippen LogP contribution >= 0.6 is 0 Å². The van der Waals surface area contributed by atoms with E-state index >= 15 is 0 Å². The van der Waals surface area contributed by atoms with Gasteiger partial charge < -0.3 is 10.6 Å². The van der Waals surface area contributed by atoms with Crippen molar-refractivity contribution >= 4 is 0 Å². The van der Waals surface area contributed by atoms with E-state index in [0.717, 1.165) is 19.6 Å². The molecule has 1 unspecified atom stereocenters. The van der Waals surface area contributed by atoms with Crippen LogP contribution in [0.3, 0.4) is 0 Å². The molecule has 0 spiro atoms. The van der Waals surface area contributed by atoms with Gasteiger partial charge in [-0.25, -0.2) is 0 Å². The van der Waals surface area contributed by atoms with Gasteiger partial charge in [0, 0.05) is 25.7 Å². The van der Waals surface area contributed by atoms with Crippen LogP contribution in [-0.2, 0) is 0 Å². The highest BCUT2D eigenvalue weighted by Gasteiger charge is 2.30. The molecule has 1 rings (SSSR count). The van der Waals surface area contributed by atoms with Gasteiger partial charge in [-0.3, -0.25) is 0 Å². The number of hydrogen-bond donors (Lipinski definition) is 1. The van der Waals surface area contributed by atoms with E-state index in [1.165, 1.54) is 5.56 Å². The third kappa shape index (κ3) is 6.19. The normalized spacial score (nSPS) is 14.2. The summed E-state index contributed by atoms with van der Waals surface area (Å²) >= 11 is 0. The molecule has 0 bridgehead atoms. The summed E-state index contributed by atoms with van der Waals surface area (Å²) in [5.74, 6) is 1.37. The Labute approximate surface area is 131 Å². The molecule has 0 aliphatic heterocycles. The lowest BCUT2D eigenvalue weighted by Crippen LogP contribution is -2.43. The van der Waals surface area contributed by atoms with Crippen LogP contribution in [-0.4, -0.2) is 24.5 Å². The van der Waals surface area contributed by atoms with Crippen molar-refractivity contribution in [3.8, 4) is 0 Å². The van der Waals surface area contributed by atoms with Crippen molar-refractivity contribution in [2.75, 3.05) is 19.6 Å². The first-order valence-corrected chi connectivity index (χ1v) is 8.25. The maximum Gasteiger partial charge on any atom is 0.0359 e.